The number of hydrogen-bond acceptors (Lipinski definition) is 6. The van der Waals surface area contributed by atoms with Crippen LogP contribution in [-0.4, -0.2) is 48.7 Å². The van der Waals surface area contributed by atoms with Crippen LogP contribution in [0.15, 0.2) is 21.3 Å². The zero-order valence-electron chi connectivity index (χ0n) is 19.3. The lowest BCUT2D eigenvalue weighted by atomic mass is 9.90. The van der Waals surface area contributed by atoms with E-state index < -0.39 is 30.1 Å². The van der Waals surface area contributed by atoms with Crippen LogP contribution in [0.2, 0.25) is 0 Å². The van der Waals surface area contributed by atoms with E-state index >= 15 is 0 Å². The van der Waals surface area contributed by atoms with Gasteiger partial charge in [-0.2, -0.15) is 0 Å². The zero-order valence-corrected chi connectivity index (χ0v) is 19.3. The molecule has 4 aliphatic rings. The minimum Gasteiger partial charge on any atom is -0.422 e. The molecule has 2 aliphatic carbocycles. The second kappa shape index (κ2) is 8.41. The molecule has 34 heavy (non-hydrogen) atoms. The molecule has 1 aromatic heterocycles. The Bertz CT molecular complexity index is 1220. The summed E-state index contributed by atoms with van der Waals surface area (Å²) in [7, 11) is 0. The Morgan fingerprint density at radius 1 is 1.15 bits per heavy atom. The summed E-state index contributed by atoms with van der Waals surface area (Å²) in [6.07, 6.45) is 8.34. The number of amides is 2. The third kappa shape index (κ3) is 3.59. The summed E-state index contributed by atoms with van der Waals surface area (Å²) in [6, 6.07) is 2.59. The van der Waals surface area contributed by atoms with E-state index in [-0.39, 0.29) is 11.6 Å². The van der Waals surface area contributed by atoms with Gasteiger partial charge in [-0.3, -0.25) is 9.59 Å². The van der Waals surface area contributed by atoms with Crippen molar-refractivity contribution in [3.05, 3.63) is 39.2 Å². The Balaban J connectivity index is 1.25. The molecule has 3 heterocycles. The maximum Gasteiger partial charge on any atom is 0.349 e. The van der Waals surface area contributed by atoms with Crippen LogP contribution in [0, 0.1) is 11.8 Å². The molecule has 6 rings (SSSR count). The Labute approximate surface area is 197 Å². The average molecular weight is 466 g/mol. The molecule has 3 N–H and O–H groups in total. The number of anilines is 1. The van der Waals surface area contributed by atoms with Crippen LogP contribution >= 0.6 is 0 Å². The summed E-state index contributed by atoms with van der Waals surface area (Å²) in [5.41, 5.74) is 3.17. The Kier molecular flexibility index (Phi) is 5.36. The van der Waals surface area contributed by atoms with E-state index in [1.54, 1.807) is 6.07 Å². The number of nitrogens with one attached hydrogen (secondary N) is 2. The highest BCUT2D eigenvalue weighted by Gasteiger charge is 2.41. The normalized spacial score (nSPS) is 25.8. The standard InChI is InChI=1S/C26H31N3O5/c30-13-21(25(32)27-20-10-14-5-6-15(20)9-14)28-24(31)19-12-17-11-16-3-1-7-29-8-2-4-18(22(16)29)23(17)34-26(19)33/h11-12,14-15,20-21,30H,1-10,13H2,(H,27,32)(H,28,31). The smallest absolute Gasteiger partial charge is 0.349 e. The van der Waals surface area contributed by atoms with Crippen molar-refractivity contribution in [3.63, 3.8) is 0 Å². The number of aliphatic hydroxyl groups excluding tert-OH is 1. The Morgan fingerprint density at radius 2 is 1.97 bits per heavy atom. The lowest BCUT2D eigenvalue weighted by Gasteiger charge is -2.37. The van der Waals surface area contributed by atoms with E-state index in [9.17, 15) is 19.5 Å². The van der Waals surface area contributed by atoms with Crippen molar-refractivity contribution in [2.24, 2.45) is 11.8 Å². The van der Waals surface area contributed by atoms with Gasteiger partial charge in [0.2, 0.25) is 5.91 Å². The monoisotopic (exact) mass is 465 g/mol. The molecule has 1 aromatic carbocycles. The van der Waals surface area contributed by atoms with Gasteiger partial charge in [-0.15, -0.1) is 0 Å². The van der Waals surface area contributed by atoms with Gasteiger partial charge in [0, 0.05) is 35.8 Å². The van der Waals surface area contributed by atoms with Crippen LogP contribution in [0.3, 0.4) is 0 Å². The quantitative estimate of drug-likeness (QED) is 0.582. The van der Waals surface area contributed by atoms with E-state index in [2.05, 4.69) is 15.5 Å². The third-order valence-corrected chi connectivity index (χ3v) is 8.33. The number of rotatable bonds is 5. The van der Waals surface area contributed by atoms with Gasteiger partial charge in [0.05, 0.1) is 6.61 Å². The molecule has 0 saturated heterocycles. The fraction of sp³-hybridized carbons (Fsp3) is 0.577. The first kappa shape index (κ1) is 21.6. The highest BCUT2D eigenvalue weighted by molar-refractivity contribution is 6.00. The second-order valence-electron chi connectivity index (χ2n) is 10.4. The van der Waals surface area contributed by atoms with Crippen molar-refractivity contribution in [2.45, 2.75) is 63.5 Å². The molecule has 2 fully saturated rings. The largest absolute Gasteiger partial charge is 0.422 e. The first-order valence-electron chi connectivity index (χ1n) is 12.6. The fourth-order valence-electron chi connectivity index (χ4n) is 6.74. The van der Waals surface area contributed by atoms with Crippen molar-refractivity contribution < 1.29 is 19.1 Å². The maximum atomic E-state index is 13.0. The van der Waals surface area contributed by atoms with Crippen molar-refractivity contribution in [1.29, 1.82) is 0 Å². The van der Waals surface area contributed by atoms with Crippen LogP contribution in [0.4, 0.5) is 5.69 Å². The number of aliphatic hydroxyl groups is 1. The molecular weight excluding hydrogens is 434 g/mol. The molecule has 0 spiro atoms. The van der Waals surface area contributed by atoms with E-state index in [1.165, 1.54) is 17.7 Å². The lowest BCUT2D eigenvalue weighted by Crippen LogP contribution is -2.52. The SMILES string of the molecule is O=C(NC(CO)C(=O)NC1CC2CCC1C2)c1cc2cc3c4c(c2oc1=O)CCCN4CCC3. The fourth-order valence-corrected chi connectivity index (χ4v) is 6.74. The molecule has 4 atom stereocenters. The summed E-state index contributed by atoms with van der Waals surface area (Å²) in [6.45, 7) is 1.50. The highest BCUT2D eigenvalue weighted by atomic mass is 16.4. The molecule has 2 aromatic rings. The Morgan fingerprint density at radius 3 is 2.71 bits per heavy atom. The van der Waals surface area contributed by atoms with Gasteiger partial charge < -0.3 is 25.1 Å². The van der Waals surface area contributed by atoms with Crippen LogP contribution in [-0.2, 0) is 17.6 Å². The van der Waals surface area contributed by atoms with Crippen molar-refractivity contribution in [3.8, 4) is 0 Å². The summed E-state index contributed by atoms with van der Waals surface area (Å²) < 4.78 is 5.69. The number of benzene rings is 1. The van der Waals surface area contributed by atoms with Crippen LogP contribution in [0.1, 0.15) is 60.0 Å². The highest BCUT2D eigenvalue weighted by Crippen LogP contribution is 2.44. The van der Waals surface area contributed by atoms with E-state index in [1.807, 2.05) is 6.07 Å². The van der Waals surface area contributed by atoms with Crippen molar-refractivity contribution >= 4 is 28.5 Å². The van der Waals surface area contributed by atoms with E-state index in [0.717, 1.165) is 69.0 Å². The molecule has 2 bridgehead atoms. The lowest BCUT2D eigenvalue weighted by molar-refractivity contribution is -0.124. The number of fused-ring (bicyclic) bond motifs is 4. The first-order valence-corrected chi connectivity index (χ1v) is 12.6. The molecule has 0 radical (unpaired) electrons. The second-order valence-corrected chi connectivity index (χ2v) is 10.4. The van der Waals surface area contributed by atoms with Crippen LogP contribution in [0.5, 0.6) is 0 Å². The predicted octanol–water partition coefficient (Wildman–Crippen LogP) is 1.89. The minimum absolute atomic E-state index is 0.102. The van der Waals surface area contributed by atoms with Gasteiger partial charge in [-0.05, 0) is 74.5 Å². The number of nitrogens with zero attached hydrogens (tertiary/aromatic N) is 1. The third-order valence-electron chi connectivity index (χ3n) is 8.33. The molecular formula is C26H31N3O5. The molecule has 4 unspecified atom stereocenters. The number of carbonyl (C=O) groups excluding carboxylic acids is 2. The van der Waals surface area contributed by atoms with E-state index in [4.69, 9.17) is 4.42 Å². The molecule has 180 valence electrons. The zero-order chi connectivity index (χ0) is 23.4. The predicted molar refractivity (Wildman–Crippen MR) is 127 cm³/mol. The van der Waals surface area contributed by atoms with Gasteiger partial charge >= 0.3 is 5.63 Å². The van der Waals surface area contributed by atoms with Crippen LogP contribution < -0.4 is 21.2 Å². The number of hydrogen-bond donors (Lipinski definition) is 3. The topological polar surface area (TPSA) is 112 Å². The van der Waals surface area contributed by atoms with Gasteiger partial charge in [0.15, 0.2) is 0 Å². The van der Waals surface area contributed by atoms with Gasteiger partial charge in [-0.1, -0.05) is 6.42 Å². The number of carbonyl (C=O) groups is 2. The van der Waals surface area contributed by atoms with Gasteiger partial charge in [0.25, 0.3) is 5.91 Å². The number of aryl methyl sites for hydroxylation is 2. The molecule has 2 aliphatic heterocycles. The van der Waals surface area contributed by atoms with Crippen LogP contribution in [0.25, 0.3) is 11.0 Å². The average Bonchev–Trinajstić information content (AvgIpc) is 3.46. The molecule has 8 nitrogen and oxygen atoms in total. The summed E-state index contributed by atoms with van der Waals surface area (Å²) in [5.74, 6) is 0.0464. The first-order chi connectivity index (χ1) is 16.5. The summed E-state index contributed by atoms with van der Waals surface area (Å²) >= 11 is 0. The summed E-state index contributed by atoms with van der Waals surface area (Å²) in [5, 5.41) is 16.1. The molecule has 8 heteroatoms. The van der Waals surface area contributed by atoms with E-state index in [0.29, 0.717) is 17.4 Å². The molecule has 2 amide bonds. The maximum absolute atomic E-state index is 13.0. The minimum atomic E-state index is -1.11. The Hall–Kier alpha value is -2.87. The van der Waals surface area contributed by atoms with Crippen molar-refractivity contribution in [2.75, 3.05) is 24.6 Å². The molecule has 2 saturated carbocycles. The van der Waals surface area contributed by atoms with Gasteiger partial charge in [-0.25, -0.2) is 4.79 Å². The van der Waals surface area contributed by atoms with Gasteiger partial charge in [0.1, 0.15) is 17.2 Å². The van der Waals surface area contributed by atoms with Crippen molar-refractivity contribution in [1.82, 2.24) is 10.6 Å². The summed E-state index contributed by atoms with van der Waals surface area (Å²) in [4.78, 5) is 40.9.